The molecule has 1 unspecified atom stereocenters. The molecule has 2 aromatic carbocycles. The highest BCUT2D eigenvalue weighted by atomic mass is 79.9. The van der Waals surface area contributed by atoms with E-state index in [4.69, 9.17) is 0 Å². The molecule has 2 heterocycles. The van der Waals surface area contributed by atoms with E-state index in [-0.39, 0.29) is 4.90 Å². The first-order chi connectivity index (χ1) is 14.4. The highest BCUT2D eigenvalue weighted by molar-refractivity contribution is 9.10. The number of aromatic nitrogens is 1. The van der Waals surface area contributed by atoms with Gasteiger partial charge in [0.05, 0.1) is 11.6 Å². The van der Waals surface area contributed by atoms with E-state index in [0.29, 0.717) is 22.0 Å². The van der Waals surface area contributed by atoms with Gasteiger partial charge in [-0.05, 0) is 78.6 Å². The molecule has 1 aromatic heterocycles. The summed E-state index contributed by atoms with van der Waals surface area (Å²) in [6, 6.07) is 12.2. The summed E-state index contributed by atoms with van der Waals surface area (Å²) in [5, 5.41) is 11.7. The van der Waals surface area contributed by atoms with Crippen LogP contribution in [-0.4, -0.2) is 42.0 Å². The molecule has 30 heavy (non-hydrogen) atoms. The van der Waals surface area contributed by atoms with Gasteiger partial charge in [0.1, 0.15) is 4.90 Å². The van der Waals surface area contributed by atoms with Gasteiger partial charge in [0.15, 0.2) is 0 Å². The van der Waals surface area contributed by atoms with E-state index >= 15 is 0 Å². The lowest BCUT2D eigenvalue weighted by molar-refractivity contribution is 0.135. The molecule has 1 aliphatic rings. The molecule has 8 heteroatoms. The lowest BCUT2D eigenvalue weighted by Crippen LogP contribution is -2.31. The summed E-state index contributed by atoms with van der Waals surface area (Å²) in [6.07, 6.45) is 5.08. The van der Waals surface area contributed by atoms with Gasteiger partial charge < -0.3 is 10.0 Å². The van der Waals surface area contributed by atoms with Crippen molar-refractivity contribution in [3.05, 3.63) is 63.2 Å². The molecule has 1 aliphatic heterocycles. The molecule has 3 aromatic rings. The van der Waals surface area contributed by atoms with E-state index in [1.807, 2.05) is 12.1 Å². The Hall–Kier alpha value is -1.19. The predicted octanol–water partition coefficient (Wildman–Crippen LogP) is 5.31. The average molecular weight is 556 g/mol. The zero-order valence-corrected chi connectivity index (χ0v) is 20.5. The molecular weight excluding hydrogens is 532 g/mol. The maximum Gasteiger partial charge on any atom is 0.269 e. The quantitative estimate of drug-likeness (QED) is 0.447. The van der Waals surface area contributed by atoms with Crippen LogP contribution in [0.2, 0.25) is 0 Å². The van der Waals surface area contributed by atoms with Crippen molar-refractivity contribution in [2.24, 2.45) is 0 Å². The summed E-state index contributed by atoms with van der Waals surface area (Å²) in [4.78, 5) is 2.57. The minimum Gasteiger partial charge on any atom is -0.388 e. The molecule has 0 bridgehead atoms. The molecule has 0 spiro atoms. The summed E-state index contributed by atoms with van der Waals surface area (Å²) in [7, 11) is -3.82. The van der Waals surface area contributed by atoms with Crippen molar-refractivity contribution >= 4 is 52.8 Å². The monoisotopic (exact) mass is 554 g/mol. The van der Waals surface area contributed by atoms with Crippen molar-refractivity contribution in [2.45, 2.75) is 36.7 Å². The van der Waals surface area contributed by atoms with Gasteiger partial charge in [0.2, 0.25) is 0 Å². The van der Waals surface area contributed by atoms with Crippen molar-refractivity contribution in [1.29, 1.82) is 0 Å². The second-order valence-electron chi connectivity index (χ2n) is 7.68. The standard InChI is InChI=1S/C22H24Br2N2O3S/c23-16-8-9-20-17(14-16)18(21(27)10-13-25-11-4-1-5-12-25)15-26(20)30(28,29)22-7-3-2-6-19(22)24/h2-3,6-9,14-15,21,27H,1,4-5,10-13H2. The SMILES string of the molecule is O=S(=O)(c1ccccc1Br)n1cc(C(O)CCN2CCCCC2)c2cc(Br)ccc21. The van der Waals surface area contributed by atoms with Gasteiger partial charge in [-0.2, -0.15) is 0 Å². The number of aliphatic hydroxyl groups is 1. The molecule has 1 atom stereocenters. The fourth-order valence-electron chi connectivity index (χ4n) is 4.06. The van der Waals surface area contributed by atoms with Gasteiger partial charge in [-0.15, -0.1) is 0 Å². The summed E-state index contributed by atoms with van der Waals surface area (Å²) >= 11 is 6.83. The van der Waals surface area contributed by atoms with Crippen LogP contribution in [0, 0.1) is 0 Å². The number of benzene rings is 2. The van der Waals surface area contributed by atoms with Crippen LogP contribution in [-0.2, 0) is 10.0 Å². The zero-order chi connectivity index (χ0) is 21.3. The molecule has 0 radical (unpaired) electrons. The molecule has 1 fully saturated rings. The third-order valence-corrected chi connectivity index (χ3v) is 8.84. The van der Waals surface area contributed by atoms with Crippen molar-refractivity contribution in [1.82, 2.24) is 8.87 Å². The second kappa shape index (κ2) is 9.12. The summed E-state index contributed by atoms with van der Waals surface area (Å²) < 4.78 is 29.5. The van der Waals surface area contributed by atoms with E-state index in [1.54, 1.807) is 36.5 Å². The van der Waals surface area contributed by atoms with Crippen molar-refractivity contribution in [3.8, 4) is 0 Å². The van der Waals surface area contributed by atoms with E-state index in [1.165, 1.54) is 23.2 Å². The maximum atomic E-state index is 13.4. The van der Waals surface area contributed by atoms with E-state index < -0.39 is 16.1 Å². The normalized spacial score (nSPS) is 16.8. The first kappa shape index (κ1) is 22.0. The van der Waals surface area contributed by atoms with Crippen LogP contribution in [0.1, 0.15) is 37.4 Å². The Kier molecular flexibility index (Phi) is 6.70. The third-order valence-electron chi connectivity index (χ3n) is 5.66. The number of rotatable bonds is 6. The smallest absolute Gasteiger partial charge is 0.269 e. The molecule has 0 saturated carbocycles. The van der Waals surface area contributed by atoms with E-state index in [0.717, 1.165) is 29.5 Å². The van der Waals surface area contributed by atoms with E-state index in [9.17, 15) is 13.5 Å². The minimum atomic E-state index is -3.82. The largest absolute Gasteiger partial charge is 0.388 e. The summed E-state index contributed by atoms with van der Waals surface area (Å²) in [5.74, 6) is 0. The van der Waals surface area contributed by atoms with Crippen molar-refractivity contribution < 1.29 is 13.5 Å². The number of fused-ring (bicyclic) bond motifs is 1. The molecule has 1 N–H and O–H groups in total. The van der Waals surface area contributed by atoms with Crippen LogP contribution in [0.15, 0.2) is 62.5 Å². The number of likely N-dealkylation sites (tertiary alicyclic amines) is 1. The first-order valence-electron chi connectivity index (χ1n) is 10.1. The lowest BCUT2D eigenvalue weighted by Gasteiger charge is -2.27. The van der Waals surface area contributed by atoms with E-state index in [2.05, 4.69) is 36.8 Å². The zero-order valence-electron chi connectivity index (χ0n) is 16.5. The number of halogens is 2. The maximum absolute atomic E-state index is 13.4. The Morgan fingerprint density at radius 2 is 1.77 bits per heavy atom. The summed E-state index contributed by atoms with van der Waals surface area (Å²) in [6.45, 7) is 2.94. The van der Waals surface area contributed by atoms with Gasteiger partial charge in [0.25, 0.3) is 10.0 Å². The average Bonchev–Trinajstić information content (AvgIpc) is 3.12. The molecular formula is C22H24Br2N2O3S. The molecule has 4 rings (SSSR count). The number of hydrogen-bond acceptors (Lipinski definition) is 4. The third kappa shape index (κ3) is 4.39. The summed E-state index contributed by atoms with van der Waals surface area (Å²) in [5.41, 5.74) is 1.19. The van der Waals surface area contributed by atoms with Gasteiger partial charge in [-0.25, -0.2) is 12.4 Å². The Balaban J connectivity index is 1.73. The highest BCUT2D eigenvalue weighted by Crippen LogP contribution is 2.34. The molecule has 5 nitrogen and oxygen atoms in total. The highest BCUT2D eigenvalue weighted by Gasteiger charge is 2.26. The fourth-order valence-corrected chi connectivity index (χ4v) is 6.77. The number of hydrogen-bond donors (Lipinski definition) is 1. The van der Waals surface area contributed by atoms with Crippen molar-refractivity contribution in [3.63, 3.8) is 0 Å². The molecule has 1 saturated heterocycles. The molecule has 160 valence electrons. The van der Waals surface area contributed by atoms with Crippen LogP contribution in [0.5, 0.6) is 0 Å². The first-order valence-corrected chi connectivity index (χ1v) is 13.1. The number of aliphatic hydroxyl groups excluding tert-OH is 1. The van der Waals surface area contributed by atoms with Gasteiger partial charge in [0, 0.05) is 32.6 Å². The van der Waals surface area contributed by atoms with Crippen LogP contribution in [0.3, 0.4) is 0 Å². The van der Waals surface area contributed by atoms with Gasteiger partial charge >= 0.3 is 0 Å². The fraction of sp³-hybridized carbons (Fsp3) is 0.364. The topological polar surface area (TPSA) is 62.5 Å². The van der Waals surface area contributed by atoms with Gasteiger partial charge in [-0.3, -0.25) is 0 Å². The minimum absolute atomic E-state index is 0.194. The molecule has 0 aliphatic carbocycles. The predicted molar refractivity (Wildman–Crippen MR) is 126 cm³/mol. The van der Waals surface area contributed by atoms with Crippen LogP contribution in [0.25, 0.3) is 10.9 Å². The Morgan fingerprint density at radius 3 is 2.50 bits per heavy atom. The molecule has 0 amide bonds. The number of nitrogens with zero attached hydrogens (tertiary/aromatic N) is 2. The lowest BCUT2D eigenvalue weighted by atomic mass is 10.0. The van der Waals surface area contributed by atoms with Gasteiger partial charge in [-0.1, -0.05) is 34.5 Å². The van der Waals surface area contributed by atoms with Crippen molar-refractivity contribution in [2.75, 3.05) is 19.6 Å². The second-order valence-corrected chi connectivity index (χ2v) is 11.2. The van der Waals surface area contributed by atoms with Crippen LogP contribution < -0.4 is 0 Å². The van der Waals surface area contributed by atoms with Crippen LogP contribution >= 0.6 is 31.9 Å². The van der Waals surface area contributed by atoms with Crippen LogP contribution in [0.4, 0.5) is 0 Å². The number of piperidine rings is 1. The Labute approximate surface area is 194 Å². The Bertz CT molecular complexity index is 1150. The Morgan fingerprint density at radius 1 is 1.03 bits per heavy atom.